The number of aromatic nitrogens is 2. The standard InChI is InChI=1S/C15H11BrN2O2S3/c1-21-15-18-17-14(22-15)10-2-6-12(7-3-10)23(19,20)13-8-4-11(16)5-9-13/h2-9H,1H3. The van der Waals surface area contributed by atoms with Gasteiger partial charge in [0, 0.05) is 10.0 Å². The third-order valence-corrected chi connectivity index (χ3v) is 7.38. The van der Waals surface area contributed by atoms with Crippen molar-refractivity contribution in [3.8, 4) is 10.6 Å². The maximum absolute atomic E-state index is 12.6. The second kappa shape index (κ2) is 6.72. The van der Waals surface area contributed by atoms with Gasteiger partial charge in [0.25, 0.3) is 0 Å². The van der Waals surface area contributed by atoms with Crippen LogP contribution in [-0.2, 0) is 9.84 Å². The van der Waals surface area contributed by atoms with Gasteiger partial charge in [-0.05, 0) is 42.7 Å². The van der Waals surface area contributed by atoms with Crippen molar-refractivity contribution in [2.75, 3.05) is 6.26 Å². The van der Waals surface area contributed by atoms with E-state index in [0.29, 0.717) is 0 Å². The molecule has 0 bridgehead atoms. The van der Waals surface area contributed by atoms with Crippen molar-refractivity contribution in [3.05, 3.63) is 53.0 Å². The molecular weight excluding hydrogens is 416 g/mol. The third-order valence-electron chi connectivity index (χ3n) is 3.12. The molecular formula is C15H11BrN2O2S3. The number of hydrogen-bond donors (Lipinski definition) is 0. The maximum atomic E-state index is 12.6. The fraction of sp³-hybridized carbons (Fsp3) is 0.0667. The third kappa shape index (κ3) is 3.50. The first-order chi connectivity index (χ1) is 11.0. The van der Waals surface area contributed by atoms with Gasteiger partial charge in [-0.15, -0.1) is 10.2 Å². The van der Waals surface area contributed by atoms with Gasteiger partial charge in [-0.3, -0.25) is 0 Å². The van der Waals surface area contributed by atoms with Gasteiger partial charge in [-0.2, -0.15) is 0 Å². The molecule has 0 amide bonds. The highest BCUT2D eigenvalue weighted by atomic mass is 79.9. The molecule has 1 aromatic heterocycles. The van der Waals surface area contributed by atoms with E-state index in [9.17, 15) is 8.42 Å². The Labute approximate surface area is 151 Å². The summed E-state index contributed by atoms with van der Waals surface area (Å²) in [5.74, 6) is 0. The molecule has 0 unspecified atom stereocenters. The number of benzene rings is 2. The van der Waals surface area contributed by atoms with Gasteiger partial charge in [0.15, 0.2) is 4.34 Å². The van der Waals surface area contributed by atoms with Crippen molar-refractivity contribution in [3.63, 3.8) is 0 Å². The van der Waals surface area contributed by atoms with Crippen LogP contribution in [0, 0.1) is 0 Å². The lowest BCUT2D eigenvalue weighted by Crippen LogP contribution is -2.01. The highest BCUT2D eigenvalue weighted by Gasteiger charge is 2.17. The average molecular weight is 427 g/mol. The molecule has 0 saturated heterocycles. The van der Waals surface area contributed by atoms with Crippen molar-refractivity contribution in [1.29, 1.82) is 0 Å². The minimum atomic E-state index is -3.51. The zero-order valence-corrected chi connectivity index (χ0v) is 16.0. The van der Waals surface area contributed by atoms with E-state index >= 15 is 0 Å². The Morgan fingerprint density at radius 3 is 2.04 bits per heavy atom. The summed E-state index contributed by atoms with van der Waals surface area (Å²) in [5, 5.41) is 8.94. The minimum Gasteiger partial charge on any atom is -0.219 e. The minimum absolute atomic E-state index is 0.262. The lowest BCUT2D eigenvalue weighted by molar-refractivity contribution is 0.596. The maximum Gasteiger partial charge on any atom is 0.206 e. The molecule has 0 radical (unpaired) electrons. The summed E-state index contributed by atoms with van der Waals surface area (Å²) < 4.78 is 26.9. The highest BCUT2D eigenvalue weighted by Crippen LogP contribution is 2.30. The van der Waals surface area contributed by atoms with Crippen molar-refractivity contribution in [2.24, 2.45) is 0 Å². The molecule has 0 saturated carbocycles. The summed E-state index contributed by atoms with van der Waals surface area (Å²) in [6.45, 7) is 0. The number of hydrogen-bond acceptors (Lipinski definition) is 6. The van der Waals surface area contributed by atoms with Gasteiger partial charge in [0.1, 0.15) is 5.01 Å². The zero-order chi connectivity index (χ0) is 16.4. The van der Waals surface area contributed by atoms with E-state index in [-0.39, 0.29) is 9.79 Å². The van der Waals surface area contributed by atoms with Crippen molar-refractivity contribution in [2.45, 2.75) is 14.1 Å². The summed E-state index contributed by atoms with van der Waals surface area (Å²) in [6, 6.07) is 13.3. The summed E-state index contributed by atoms with van der Waals surface area (Å²) >= 11 is 6.32. The van der Waals surface area contributed by atoms with E-state index in [1.165, 1.54) is 23.1 Å². The average Bonchev–Trinajstić information content (AvgIpc) is 3.04. The molecule has 0 atom stereocenters. The van der Waals surface area contributed by atoms with E-state index in [4.69, 9.17) is 0 Å². The molecule has 8 heteroatoms. The normalized spacial score (nSPS) is 11.6. The number of rotatable bonds is 4. The summed E-state index contributed by atoms with van der Waals surface area (Å²) in [5.41, 5.74) is 0.859. The Balaban J connectivity index is 1.93. The largest absolute Gasteiger partial charge is 0.219 e. The first kappa shape index (κ1) is 16.6. The van der Waals surface area contributed by atoms with Crippen molar-refractivity contribution < 1.29 is 8.42 Å². The van der Waals surface area contributed by atoms with Gasteiger partial charge in [-0.25, -0.2) is 8.42 Å². The SMILES string of the molecule is CSc1nnc(-c2ccc(S(=O)(=O)c3ccc(Br)cc3)cc2)s1. The molecule has 0 aliphatic heterocycles. The highest BCUT2D eigenvalue weighted by molar-refractivity contribution is 9.10. The van der Waals surface area contributed by atoms with Crippen LogP contribution >= 0.6 is 39.0 Å². The number of nitrogens with zero attached hydrogens (tertiary/aromatic N) is 2. The summed E-state index contributed by atoms with van der Waals surface area (Å²) in [4.78, 5) is 0.534. The predicted octanol–water partition coefficient (Wildman–Crippen LogP) is 4.52. The summed E-state index contributed by atoms with van der Waals surface area (Å²) in [6.07, 6.45) is 1.94. The van der Waals surface area contributed by atoms with Crippen molar-refractivity contribution in [1.82, 2.24) is 10.2 Å². The van der Waals surface area contributed by atoms with E-state index in [1.807, 2.05) is 6.26 Å². The predicted molar refractivity (Wildman–Crippen MR) is 96.7 cm³/mol. The van der Waals surface area contributed by atoms with Crippen molar-refractivity contribution >= 4 is 48.9 Å². The molecule has 4 nitrogen and oxygen atoms in total. The second-order valence-electron chi connectivity index (χ2n) is 4.56. The van der Waals surface area contributed by atoms with E-state index in [1.54, 1.807) is 48.5 Å². The quantitative estimate of drug-likeness (QED) is 0.573. The van der Waals surface area contributed by atoms with Crippen LogP contribution in [0.4, 0.5) is 0 Å². The monoisotopic (exact) mass is 426 g/mol. The Morgan fingerprint density at radius 2 is 1.52 bits per heavy atom. The molecule has 118 valence electrons. The number of sulfone groups is 1. The fourth-order valence-corrected chi connectivity index (χ4v) is 4.74. The van der Waals surface area contributed by atoms with Gasteiger partial charge in [-0.1, -0.05) is 51.2 Å². The Morgan fingerprint density at radius 1 is 0.957 bits per heavy atom. The van der Waals surface area contributed by atoms with Crippen LogP contribution in [0.1, 0.15) is 0 Å². The van der Waals surface area contributed by atoms with Gasteiger partial charge >= 0.3 is 0 Å². The summed E-state index contributed by atoms with van der Waals surface area (Å²) in [7, 11) is -3.51. The Kier molecular flexibility index (Phi) is 4.86. The fourth-order valence-electron chi connectivity index (χ4n) is 1.94. The van der Waals surface area contributed by atoms with E-state index < -0.39 is 9.84 Å². The first-order valence-corrected chi connectivity index (χ1v) is 10.8. The number of thioether (sulfide) groups is 1. The van der Waals surface area contributed by atoms with Crippen LogP contribution in [0.25, 0.3) is 10.6 Å². The molecule has 3 aromatic rings. The molecule has 23 heavy (non-hydrogen) atoms. The lowest BCUT2D eigenvalue weighted by Gasteiger charge is -2.05. The second-order valence-corrected chi connectivity index (χ2v) is 9.46. The van der Waals surface area contributed by atoms with E-state index in [2.05, 4.69) is 26.1 Å². The van der Waals surface area contributed by atoms with Crippen LogP contribution in [0.2, 0.25) is 0 Å². The molecule has 0 aliphatic rings. The van der Waals surface area contributed by atoms with E-state index in [0.717, 1.165) is 19.4 Å². The lowest BCUT2D eigenvalue weighted by atomic mass is 10.2. The van der Waals surface area contributed by atoms with Gasteiger partial charge < -0.3 is 0 Å². The Bertz CT molecular complexity index is 920. The van der Waals surface area contributed by atoms with Crippen LogP contribution in [-0.4, -0.2) is 24.9 Å². The zero-order valence-electron chi connectivity index (χ0n) is 11.9. The Hall–Kier alpha value is -1.22. The smallest absolute Gasteiger partial charge is 0.206 e. The molecule has 0 fully saturated rings. The van der Waals surface area contributed by atoms with Gasteiger partial charge in [0.2, 0.25) is 9.84 Å². The van der Waals surface area contributed by atoms with Gasteiger partial charge in [0.05, 0.1) is 9.79 Å². The molecule has 3 rings (SSSR count). The number of halogens is 1. The molecule has 0 N–H and O–H groups in total. The van der Waals surface area contributed by atoms with Crippen LogP contribution < -0.4 is 0 Å². The van der Waals surface area contributed by atoms with Crippen LogP contribution in [0.15, 0.2) is 67.1 Å². The van der Waals surface area contributed by atoms with Crippen LogP contribution in [0.5, 0.6) is 0 Å². The van der Waals surface area contributed by atoms with Crippen LogP contribution in [0.3, 0.4) is 0 Å². The molecule has 0 spiro atoms. The molecule has 1 heterocycles. The molecule has 0 aliphatic carbocycles. The molecule has 2 aromatic carbocycles. The topological polar surface area (TPSA) is 59.9 Å². The first-order valence-electron chi connectivity index (χ1n) is 6.49.